The van der Waals surface area contributed by atoms with Gasteiger partial charge in [-0.15, -0.1) is 0 Å². The fraction of sp³-hybridized carbons (Fsp3) is 0.647. The lowest BCUT2D eigenvalue weighted by Gasteiger charge is -2.27. The summed E-state index contributed by atoms with van der Waals surface area (Å²) in [5.74, 6) is 1.58. The number of piperazine rings is 1. The van der Waals surface area contributed by atoms with Crippen LogP contribution in [0.4, 0.5) is 0 Å². The van der Waals surface area contributed by atoms with E-state index in [0.29, 0.717) is 5.92 Å². The third-order valence-electron chi connectivity index (χ3n) is 3.84. The van der Waals surface area contributed by atoms with Crippen LogP contribution in [0.1, 0.15) is 37.3 Å². The van der Waals surface area contributed by atoms with Gasteiger partial charge >= 0.3 is 0 Å². The molecule has 1 aromatic rings. The van der Waals surface area contributed by atoms with Crippen molar-refractivity contribution < 1.29 is 4.74 Å². The molecule has 0 bridgehead atoms. The Morgan fingerprint density at radius 2 is 1.95 bits per heavy atom. The minimum atomic E-state index is 0.554. The molecule has 1 aromatic carbocycles. The van der Waals surface area contributed by atoms with Crippen molar-refractivity contribution in [2.24, 2.45) is 0 Å². The summed E-state index contributed by atoms with van der Waals surface area (Å²) in [6, 6.07) is 6.57. The van der Waals surface area contributed by atoms with Crippen LogP contribution < -0.4 is 10.1 Å². The molecule has 3 nitrogen and oxygen atoms in total. The van der Waals surface area contributed by atoms with Gasteiger partial charge in [-0.2, -0.15) is 0 Å². The molecule has 2 rings (SSSR count). The van der Waals surface area contributed by atoms with Crippen LogP contribution in [0.25, 0.3) is 0 Å². The van der Waals surface area contributed by atoms with E-state index in [0.717, 1.165) is 38.4 Å². The average Bonchev–Trinajstić information content (AvgIpc) is 2.44. The van der Waals surface area contributed by atoms with Gasteiger partial charge in [-0.3, -0.25) is 0 Å². The lowest BCUT2D eigenvalue weighted by Crippen LogP contribution is -2.43. The molecular formula is C17H28N2O. The summed E-state index contributed by atoms with van der Waals surface area (Å²) in [5, 5.41) is 3.38. The molecule has 0 spiro atoms. The summed E-state index contributed by atoms with van der Waals surface area (Å²) in [4.78, 5) is 2.51. The Morgan fingerprint density at radius 1 is 1.20 bits per heavy atom. The summed E-state index contributed by atoms with van der Waals surface area (Å²) in [5.41, 5.74) is 2.65. The normalized spacial score (nSPS) is 16.6. The van der Waals surface area contributed by atoms with E-state index in [4.69, 9.17) is 4.74 Å². The summed E-state index contributed by atoms with van der Waals surface area (Å²) >= 11 is 0. The minimum absolute atomic E-state index is 0.554. The number of benzene rings is 1. The van der Waals surface area contributed by atoms with Gasteiger partial charge in [0.2, 0.25) is 0 Å². The van der Waals surface area contributed by atoms with Gasteiger partial charge < -0.3 is 15.0 Å². The van der Waals surface area contributed by atoms with Crippen LogP contribution in [0, 0.1) is 6.92 Å². The van der Waals surface area contributed by atoms with Gasteiger partial charge in [0.25, 0.3) is 0 Å². The molecule has 0 radical (unpaired) electrons. The quantitative estimate of drug-likeness (QED) is 0.809. The topological polar surface area (TPSA) is 24.5 Å². The first-order valence-electron chi connectivity index (χ1n) is 7.82. The third-order valence-corrected chi connectivity index (χ3v) is 3.84. The third kappa shape index (κ3) is 4.80. The van der Waals surface area contributed by atoms with Crippen LogP contribution in [0.2, 0.25) is 0 Å². The molecule has 0 aromatic heterocycles. The molecule has 3 heteroatoms. The van der Waals surface area contributed by atoms with Gasteiger partial charge in [0.15, 0.2) is 0 Å². The van der Waals surface area contributed by atoms with Gasteiger partial charge in [0.1, 0.15) is 5.75 Å². The van der Waals surface area contributed by atoms with Gasteiger partial charge in [0, 0.05) is 32.7 Å². The van der Waals surface area contributed by atoms with E-state index in [1.54, 1.807) is 0 Å². The highest BCUT2D eigenvalue weighted by molar-refractivity contribution is 5.35. The van der Waals surface area contributed by atoms with E-state index in [1.807, 2.05) is 0 Å². The average molecular weight is 276 g/mol. The maximum absolute atomic E-state index is 5.93. The van der Waals surface area contributed by atoms with Gasteiger partial charge in [0.05, 0.1) is 6.61 Å². The zero-order valence-corrected chi connectivity index (χ0v) is 13.1. The van der Waals surface area contributed by atoms with Gasteiger partial charge in [-0.05, 0) is 42.5 Å². The number of hydrogen-bond acceptors (Lipinski definition) is 3. The largest absolute Gasteiger partial charge is 0.494 e. The molecule has 1 aliphatic heterocycles. The Kier molecular flexibility index (Phi) is 5.86. The Hall–Kier alpha value is -1.06. The number of nitrogens with zero attached hydrogens (tertiary/aromatic N) is 1. The Labute approximate surface area is 123 Å². The van der Waals surface area contributed by atoms with Crippen LogP contribution in [-0.4, -0.2) is 44.2 Å². The monoisotopic (exact) mass is 276 g/mol. The molecule has 0 unspecified atom stereocenters. The predicted molar refractivity (Wildman–Crippen MR) is 84.7 cm³/mol. The van der Waals surface area contributed by atoms with E-state index >= 15 is 0 Å². The number of rotatable bonds is 6. The highest BCUT2D eigenvalue weighted by atomic mass is 16.5. The second kappa shape index (κ2) is 7.65. The van der Waals surface area contributed by atoms with Gasteiger partial charge in [-0.25, -0.2) is 0 Å². The first-order chi connectivity index (χ1) is 9.65. The lowest BCUT2D eigenvalue weighted by molar-refractivity contribution is 0.214. The fourth-order valence-electron chi connectivity index (χ4n) is 2.61. The number of nitrogens with one attached hydrogen (secondary N) is 1. The zero-order chi connectivity index (χ0) is 14.4. The van der Waals surface area contributed by atoms with E-state index in [1.165, 1.54) is 24.2 Å². The molecular weight excluding hydrogens is 248 g/mol. The first-order valence-corrected chi connectivity index (χ1v) is 7.82. The molecule has 1 N–H and O–H groups in total. The Bertz CT molecular complexity index is 411. The zero-order valence-electron chi connectivity index (χ0n) is 13.1. The molecule has 0 atom stereocenters. The van der Waals surface area contributed by atoms with Crippen molar-refractivity contribution in [1.82, 2.24) is 10.2 Å². The predicted octanol–water partition coefficient (Wildman–Crippen LogP) is 2.79. The molecule has 0 saturated carbocycles. The first kappa shape index (κ1) is 15.3. The highest BCUT2D eigenvalue weighted by Crippen LogP contribution is 2.22. The van der Waals surface area contributed by atoms with Crippen molar-refractivity contribution in [1.29, 1.82) is 0 Å². The molecule has 1 fully saturated rings. The van der Waals surface area contributed by atoms with Crippen molar-refractivity contribution in [3.8, 4) is 5.75 Å². The summed E-state index contributed by atoms with van der Waals surface area (Å²) in [6.45, 7) is 13.1. The maximum atomic E-state index is 5.93. The van der Waals surface area contributed by atoms with Crippen LogP contribution in [0.5, 0.6) is 5.75 Å². The van der Waals surface area contributed by atoms with Crippen LogP contribution in [0.15, 0.2) is 18.2 Å². The standard InChI is InChI=1S/C17H28N2O/c1-14(2)16-11-15(3)12-17(13-16)20-10-4-7-19-8-5-18-6-9-19/h11-14,18H,4-10H2,1-3H3. The number of ether oxygens (including phenoxy) is 1. The second-order valence-corrected chi connectivity index (χ2v) is 6.03. The van der Waals surface area contributed by atoms with Crippen molar-refractivity contribution in [2.75, 3.05) is 39.3 Å². The Balaban J connectivity index is 1.75. The number of aryl methyl sites for hydroxylation is 1. The van der Waals surface area contributed by atoms with Crippen molar-refractivity contribution >= 4 is 0 Å². The lowest BCUT2D eigenvalue weighted by atomic mass is 10.0. The molecule has 1 saturated heterocycles. The fourth-order valence-corrected chi connectivity index (χ4v) is 2.61. The molecule has 1 aliphatic rings. The summed E-state index contributed by atoms with van der Waals surface area (Å²) in [7, 11) is 0. The maximum Gasteiger partial charge on any atom is 0.119 e. The smallest absolute Gasteiger partial charge is 0.119 e. The SMILES string of the molecule is Cc1cc(OCCCN2CCNCC2)cc(C(C)C)c1. The second-order valence-electron chi connectivity index (χ2n) is 6.03. The molecule has 1 heterocycles. The molecule has 0 aliphatic carbocycles. The van der Waals surface area contributed by atoms with Crippen molar-refractivity contribution in [2.45, 2.75) is 33.1 Å². The minimum Gasteiger partial charge on any atom is -0.494 e. The van der Waals surface area contributed by atoms with Crippen LogP contribution >= 0.6 is 0 Å². The van der Waals surface area contributed by atoms with E-state index < -0.39 is 0 Å². The van der Waals surface area contributed by atoms with E-state index in [2.05, 4.69) is 49.2 Å². The molecule has 20 heavy (non-hydrogen) atoms. The molecule has 0 amide bonds. The molecule has 112 valence electrons. The van der Waals surface area contributed by atoms with E-state index in [-0.39, 0.29) is 0 Å². The number of hydrogen-bond donors (Lipinski definition) is 1. The Morgan fingerprint density at radius 3 is 2.65 bits per heavy atom. The van der Waals surface area contributed by atoms with Crippen molar-refractivity contribution in [3.63, 3.8) is 0 Å². The summed E-state index contributed by atoms with van der Waals surface area (Å²) in [6.07, 6.45) is 1.10. The van der Waals surface area contributed by atoms with E-state index in [9.17, 15) is 0 Å². The van der Waals surface area contributed by atoms with Gasteiger partial charge in [-0.1, -0.05) is 19.9 Å². The van der Waals surface area contributed by atoms with Crippen molar-refractivity contribution in [3.05, 3.63) is 29.3 Å². The highest BCUT2D eigenvalue weighted by Gasteiger charge is 2.08. The summed E-state index contributed by atoms with van der Waals surface area (Å²) < 4.78 is 5.93. The van der Waals surface area contributed by atoms with Crippen LogP contribution in [-0.2, 0) is 0 Å². The van der Waals surface area contributed by atoms with Crippen LogP contribution in [0.3, 0.4) is 0 Å².